The van der Waals surface area contributed by atoms with Gasteiger partial charge in [0.05, 0.1) is 13.2 Å². The SMILES string of the molecule is N=C1COCCN1C(=O)NCCCBr. The van der Waals surface area contributed by atoms with Crippen LogP contribution in [0.3, 0.4) is 0 Å². The average molecular weight is 264 g/mol. The van der Waals surface area contributed by atoms with Crippen molar-refractivity contribution in [3.8, 4) is 0 Å². The summed E-state index contributed by atoms with van der Waals surface area (Å²) in [6.45, 7) is 1.84. The summed E-state index contributed by atoms with van der Waals surface area (Å²) in [5.41, 5.74) is 0. The van der Waals surface area contributed by atoms with E-state index in [0.717, 1.165) is 11.8 Å². The van der Waals surface area contributed by atoms with Crippen LogP contribution in [-0.4, -0.2) is 48.4 Å². The number of hydrogen-bond donors (Lipinski definition) is 2. The predicted molar refractivity (Wildman–Crippen MR) is 57.1 cm³/mol. The molecule has 1 fully saturated rings. The minimum atomic E-state index is -0.195. The first-order valence-electron chi connectivity index (χ1n) is 4.52. The molecule has 1 saturated heterocycles. The third-order valence-electron chi connectivity index (χ3n) is 1.86. The van der Waals surface area contributed by atoms with Gasteiger partial charge in [0.2, 0.25) is 0 Å². The first-order valence-corrected chi connectivity index (χ1v) is 5.64. The van der Waals surface area contributed by atoms with E-state index < -0.39 is 0 Å². The van der Waals surface area contributed by atoms with Crippen molar-refractivity contribution in [3.05, 3.63) is 0 Å². The van der Waals surface area contributed by atoms with Gasteiger partial charge in [-0.2, -0.15) is 0 Å². The van der Waals surface area contributed by atoms with Crippen molar-refractivity contribution in [1.82, 2.24) is 10.2 Å². The Hall–Kier alpha value is -0.620. The summed E-state index contributed by atoms with van der Waals surface area (Å²) in [6.07, 6.45) is 0.892. The van der Waals surface area contributed by atoms with Crippen molar-refractivity contribution in [2.75, 3.05) is 31.6 Å². The fraction of sp³-hybridized carbons (Fsp3) is 0.750. The Labute approximate surface area is 91.4 Å². The van der Waals surface area contributed by atoms with Crippen molar-refractivity contribution in [3.63, 3.8) is 0 Å². The Morgan fingerprint density at radius 1 is 1.71 bits per heavy atom. The van der Waals surface area contributed by atoms with Crippen molar-refractivity contribution in [2.24, 2.45) is 0 Å². The molecule has 0 atom stereocenters. The van der Waals surface area contributed by atoms with E-state index in [1.54, 1.807) is 0 Å². The van der Waals surface area contributed by atoms with Gasteiger partial charge < -0.3 is 10.1 Å². The summed E-state index contributed by atoms with van der Waals surface area (Å²) < 4.78 is 5.03. The molecule has 0 radical (unpaired) electrons. The van der Waals surface area contributed by atoms with Crippen molar-refractivity contribution < 1.29 is 9.53 Å². The number of nitrogens with zero attached hydrogens (tertiary/aromatic N) is 1. The molecule has 80 valence electrons. The van der Waals surface area contributed by atoms with Gasteiger partial charge >= 0.3 is 6.03 Å². The molecule has 1 aliphatic heterocycles. The molecule has 5 nitrogen and oxygen atoms in total. The molecule has 0 aliphatic carbocycles. The Morgan fingerprint density at radius 3 is 3.14 bits per heavy atom. The molecule has 1 aliphatic rings. The molecule has 0 aromatic rings. The molecular weight excluding hydrogens is 250 g/mol. The fourth-order valence-electron chi connectivity index (χ4n) is 1.12. The molecule has 14 heavy (non-hydrogen) atoms. The second kappa shape index (κ2) is 5.98. The van der Waals surface area contributed by atoms with Crippen LogP contribution < -0.4 is 5.32 Å². The van der Waals surface area contributed by atoms with Crippen molar-refractivity contribution in [1.29, 1.82) is 5.41 Å². The van der Waals surface area contributed by atoms with Crippen molar-refractivity contribution in [2.45, 2.75) is 6.42 Å². The molecule has 1 rings (SSSR count). The number of amides is 2. The average Bonchev–Trinajstić information content (AvgIpc) is 2.18. The fourth-order valence-corrected chi connectivity index (χ4v) is 1.40. The number of alkyl halides is 1. The maximum absolute atomic E-state index is 11.5. The van der Waals surface area contributed by atoms with Crippen LogP contribution in [0, 0.1) is 5.41 Å². The molecular formula is C8H14BrN3O2. The van der Waals surface area contributed by atoms with E-state index in [1.807, 2.05) is 0 Å². The molecule has 2 amide bonds. The lowest BCUT2D eigenvalue weighted by atomic mass is 10.4. The molecule has 0 unspecified atom stereocenters. The monoisotopic (exact) mass is 263 g/mol. The van der Waals surface area contributed by atoms with Gasteiger partial charge in [-0.3, -0.25) is 10.3 Å². The van der Waals surface area contributed by atoms with E-state index >= 15 is 0 Å². The maximum atomic E-state index is 11.5. The van der Waals surface area contributed by atoms with E-state index in [2.05, 4.69) is 21.2 Å². The van der Waals surface area contributed by atoms with Crippen LogP contribution in [0.4, 0.5) is 4.79 Å². The molecule has 2 N–H and O–H groups in total. The van der Waals surface area contributed by atoms with Gasteiger partial charge in [-0.05, 0) is 6.42 Å². The minimum absolute atomic E-state index is 0.195. The molecule has 0 aromatic carbocycles. The number of halogens is 1. The first-order chi connectivity index (χ1) is 6.75. The van der Waals surface area contributed by atoms with E-state index in [4.69, 9.17) is 10.1 Å². The van der Waals surface area contributed by atoms with E-state index in [9.17, 15) is 4.79 Å². The maximum Gasteiger partial charge on any atom is 0.322 e. The van der Waals surface area contributed by atoms with Gasteiger partial charge in [0.1, 0.15) is 12.4 Å². The van der Waals surface area contributed by atoms with Gasteiger partial charge in [0.15, 0.2) is 0 Å². The van der Waals surface area contributed by atoms with E-state index in [-0.39, 0.29) is 18.5 Å². The zero-order valence-electron chi connectivity index (χ0n) is 7.88. The molecule has 0 spiro atoms. The highest BCUT2D eigenvalue weighted by atomic mass is 79.9. The number of ether oxygens (including phenoxy) is 1. The normalized spacial score (nSPS) is 16.9. The van der Waals surface area contributed by atoms with Crippen LogP contribution in [-0.2, 0) is 4.74 Å². The summed E-state index contributed by atoms with van der Waals surface area (Å²) in [5, 5.41) is 11.1. The van der Waals surface area contributed by atoms with Gasteiger partial charge in [-0.1, -0.05) is 15.9 Å². The largest absolute Gasteiger partial charge is 0.372 e. The highest BCUT2D eigenvalue weighted by molar-refractivity contribution is 9.09. The van der Waals surface area contributed by atoms with Gasteiger partial charge in [-0.25, -0.2) is 4.79 Å². The number of carbonyl (C=O) groups excluding carboxylic acids is 1. The second-order valence-corrected chi connectivity index (χ2v) is 3.72. The number of urea groups is 1. The summed E-state index contributed by atoms with van der Waals surface area (Å²) in [5.74, 6) is 0.229. The van der Waals surface area contributed by atoms with Crippen LogP contribution in [0.25, 0.3) is 0 Å². The number of nitrogens with one attached hydrogen (secondary N) is 2. The highest BCUT2D eigenvalue weighted by Gasteiger charge is 2.21. The van der Waals surface area contributed by atoms with Crippen LogP contribution in [0.2, 0.25) is 0 Å². The number of amidine groups is 1. The molecule has 0 saturated carbocycles. The number of morpholine rings is 1. The van der Waals surface area contributed by atoms with Gasteiger partial charge in [0.25, 0.3) is 0 Å². The van der Waals surface area contributed by atoms with E-state index in [1.165, 1.54) is 4.90 Å². The van der Waals surface area contributed by atoms with Crippen LogP contribution in [0.1, 0.15) is 6.42 Å². The highest BCUT2D eigenvalue weighted by Crippen LogP contribution is 1.99. The zero-order valence-corrected chi connectivity index (χ0v) is 9.47. The Bertz CT molecular complexity index is 223. The molecule has 0 aromatic heterocycles. The predicted octanol–water partition coefficient (Wildman–Crippen LogP) is 0.790. The third-order valence-corrected chi connectivity index (χ3v) is 2.42. The summed E-state index contributed by atoms with van der Waals surface area (Å²) in [4.78, 5) is 12.9. The first kappa shape index (κ1) is 11.5. The third kappa shape index (κ3) is 3.26. The summed E-state index contributed by atoms with van der Waals surface area (Å²) in [7, 11) is 0. The van der Waals surface area contributed by atoms with Crippen LogP contribution >= 0.6 is 15.9 Å². The zero-order chi connectivity index (χ0) is 10.4. The smallest absolute Gasteiger partial charge is 0.322 e. The summed E-state index contributed by atoms with van der Waals surface area (Å²) >= 11 is 3.28. The van der Waals surface area contributed by atoms with Crippen LogP contribution in [0.5, 0.6) is 0 Å². The topological polar surface area (TPSA) is 65.4 Å². The minimum Gasteiger partial charge on any atom is -0.372 e. The number of rotatable bonds is 3. The molecule has 6 heteroatoms. The summed E-state index contributed by atoms with van der Waals surface area (Å²) in [6, 6.07) is -0.195. The number of hydrogen-bond acceptors (Lipinski definition) is 3. The lowest BCUT2D eigenvalue weighted by Gasteiger charge is -2.27. The Kier molecular flexibility index (Phi) is 4.89. The molecule has 1 heterocycles. The standard InChI is InChI=1S/C8H14BrN3O2/c9-2-1-3-11-8(13)12-4-5-14-6-7(12)10/h10H,1-6H2,(H,11,13). The van der Waals surface area contributed by atoms with Crippen LogP contribution in [0.15, 0.2) is 0 Å². The Morgan fingerprint density at radius 2 is 2.50 bits per heavy atom. The van der Waals surface area contributed by atoms with E-state index in [0.29, 0.717) is 19.7 Å². The second-order valence-electron chi connectivity index (χ2n) is 2.93. The molecule has 0 bridgehead atoms. The van der Waals surface area contributed by atoms with Gasteiger partial charge in [-0.15, -0.1) is 0 Å². The Balaban J connectivity index is 2.31. The number of carbonyl (C=O) groups is 1. The lowest BCUT2D eigenvalue weighted by Crippen LogP contribution is -2.49. The quantitative estimate of drug-likeness (QED) is 0.584. The lowest BCUT2D eigenvalue weighted by molar-refractivity contribution is 0.120. The van der Waals surface area contributed by atoms with Crippen molar-refractivity contribution >= 4 is 27.8 Å². The van der Waals surface area contributed by atoms with Gasteiger partial charge in [0, 0.05) is 11.9 Å².